The molecule has 0 aliphatic carbocycles. The smallest absolute Gasteiger partial charge is 0.306 e. The number of carbonyl (C=O) groups is 2. The van der Waals surface area contributed by atoms with E-state index < -0.39 is 18.2 Å². The van der Waals surface area contributed by atoms with Gasteiger partial charge >= 0.3 is 5.97 Å². The molecule has 6 nitrogen and oxygen atoms in total. The number of hydrogen-bond acceptors (Lipinski definition) is 5. The van der Waals surface area contributed by atoms with E-state index >= 15 is 0 Å². The average Bonchev–Trinajstić information content (AvgIpc) is 3.33. The highest BCUT2D eigenvalue weighted by molar-refractivity contribution is 5.77. The molecule has 3 atom stereocenters. The Labute approximate surface area is 424 Å². The molecule has 0 aromatic rings. The van der Waals surface area contributed by atoms with Crippen LogP contribution in [-0.2, 0) is 14.3 Å². The van der Waals surface area contributed by atoms with Crippen molar-refractivity contribution in [1.82, 2.24) is 5.32 Å². The fraction of sp³-hybridized carbons (Fsp3) is 0.871. The molecule has 0 rings (SSSR count). The van der Waals surface area contributed by atoms with Gasteiger partial charge in [-0.25, -0.2) is 0 Å². The zero-order valence-electron chi connectivity index (χ0n) is 45.8. The third kappa shape index (κ3) is 50.5. The molecule has 0 aromatic carbocycles. The number of hydrogen-bond donors (Lipinski definition) is 3. The van der Waals surface area contributed by atoms with E-state index in [4.69, 9.17) is 4.74 Å². The van der Waals surface area contributed by atoms with E-state index in [2.05, 4.69) is 62.5 Å². The first-order valence-electron chi connectivity index (χ1n) is 30.2. The summed E-state index contributed by atoms with van der Waals surface area (Å²) in [4.78, 5) is 26.3. The van der Waals surface area contributed by atoms with Gasteiger partial charge in [0, 0.05) is 6.42 Å². The van der Waals surface area contributed by atoms with E-state index in [0.717, 1.165) is 70.6 Å². The summed E-state index contributed by atoms with van der Waals surface area (Å²) >= 11 is 0. The van der Waals surface area contributed by atoms with Crippen LogP contribution in [0.1, 0.15) is 323 Å². The second kappa shape index (κ2) is 56.0. The number of rotatable bonds is 55. The Balaban J connectivity index is 4.48. The van der Waals surface area contributed by atoms with Crippen LogP contribution < -0.4 is 5.32 Å². The lowest BCUT2D eigenvalue weighted by atomic mass is 10.0. The summed E-state index contributed by atoms with van der Waals surface area (Å²) in [6.07, 6.45) is 67.9. The number of ether oxygens (including phenoxy) is 1. The minimum Gasteiger partial charge on any atom is -0.462 e. The van der Waals surface area contributed by atoms with Crippen LogP contribution in [0.2, 0.25) is 0 Å². The summed E-state index contributed by atoms with van der Waals surface area (Å²) in [5.74, 6) is -0.481. The monoisotopic (exact) mass is 956 g/mol. The molecule has 68 heavy (non-hydrogen) atoms. The van der Waals surface area contributed by atoms with Crippen molar-refractivity contribution >= 4 is 11.9 Å². The molecule has 0 aliphatic heterocycles. The van der Waals surface area contributed by atoms with E-state index in [9.17, 15) is 19.8 Å². The number of unbranched alkanes of at least 4 members (excludes halogenated alkanes) is 38. The quantitative estimate of drug-likeness (QED) is 0.0244. The minimum atomic E-state index is -0.793. The maximum Gasteiger partial charge on any atom is 0.306 e. The van der Waals surface area contributed by atoms with Crippen molar-refractivity contribution in [3.63, 3.8) is 0 Å². The van der Waals surface area contributed by atoms with Crippen molar-refractivity contribution in [1.29, 1.82) is 0 Å². The van der Waals surface area contributed by atoms with Gasteiger partial charge in [-0.15, -0.1) is 0 Å². The number of amides is 1. The predicted molar refractivity (Wildman–Crippen MR) is 296 cm³/mol. The molecule has 0 fully saturated rings. The van der Waals surface area contributed by atoms with Crippen LogP contribution in [0.4, 0.5) is 0 Å². The molecule has 0 saturated heterocycles. The average molecular weight is 957 g/mol. The molecule has 3 unspecified atom stereocenters. The SMILES string of the molecule is CCCCC/C=C/C=C/CCCCCCC(CC(=O)NC(CO)C(O)CCCCCCCCCCCCCCCCCCC)OC(=O)CCCCCCCCCCC/C=C/CCCCCCCC. The summed E-state index contributed by atoms with van der Waals surface area (Å²) in [7, 11) is 0. The molecule has 6 heteroatoms. The lowest BCUT2D eigenvalue weighted by Crippen LogP contribution is -2.46. The van der Waals surface area contributed by atoms with Gasteiger partial charge in [0.05, 0.1) is 25.2 Å². The van der Waals surface area contributed by atoms with Gasteiger partial charge < -0.3 is 20.3 Å². The summed E-state index contributed by atoms with van der Waals surface area (Å²) in [5.41, 5.74) is 0. The number of carbonyl (C=O) groups excluding carboxylic acids is 2. The zero-order chi connectivity index (χ0) is 49.5. The molecule has 1 amide bonds. The Morgan fingerprint density at radius 3 is 1.16 bits per heavy atom. The molecule has 0 aromatic heterocycles. The normalized spacial score (nSPS) is 13.3. The van der Waals surface area contributed by atoms with Gasteiger partial charge in [-0.05, 0) is 77.0 Å². The number of esters is 1. The van der Waals surface area contributed by atoms with Gasteiger partial charge in [-0.1, -0.05) is 269 Å². The molecular formula is C62H117NO5. The highest BCUT2D eigenvalue weighted by Gasteiger charge is 2.24. The topological polar surface area (TPSA) is 95.9 Å². The maximum absolute atomic E-state index is 13.3. The number of nitrogens with one attached hydrogen (secondary N) is 1. The van der Waals surface area contributed by atoms with Crippen molar-refractivity contribution in [2.45, 2.75) is 341 Å². The van der Waals surface area contributed by atoms with Gasteiger partial charge in [-0.3, -0.25) is 9.59 Å². The van der Waals surface area contributed by atoms with Crippen LogP contribution in [-0.4, -0.2) is 46.9 Å². The fourth-order valence-corrected chi connectivity index (χ4v) is 9.36. The van der Waals surface area contributed by atoms with Crippen LogP contribution >= 0.6 is 0 Å². The first-order valence-corrected chi connectivity index (χ1v) is 30.2. The highest BCUT2D eigenvalue weighted by atomic mass is 16.5. The Morgan fingerprint density at radius 1 is 0.426 bits per heavy atom. The first-order chi connectivity index (χ1) is 33.5. The lowest BCUT2D eigenvalue weighted by Gasteiger charge is -2.24. The number of allylic oxidation sites excluding steroid dienone is 6. The number of aliphatic hydroxyl groups is 2. The van der Waals surface area contributed by atoms with E-state index in [1.807, 2.05) is 0 Å². The van der Waals surface area contributed by atoms with Crippen molar-refractivity contribution in [3.05, 3.63) is 36.5 Å². The second-order valence-electron chi connectivity index (χ2n) is 20.8. The molecule has 400 valence electrons. The molecular weight excluding hydrogens is 839 g/mol. The van der Waals surface area contributed by atoms with E-state index in [-0.39, 0.29) is 24.9 Å². The summed E-state index contributed by atoms with van der Waals surface area (Å²) in [6, 6.07) is -0.708. The Kier molecular flexibility index (Phi) is 54.4. The summed E-state index contributed by atoms with van der Waals surface area (Å²) in [6.45, 7) is 6.48. The number of aliphatic hydroxyl groups excluding tert-OH is 2. The minimum absolute atomic E-state index is 0.0664. The van der Waals surface area contributed by atoms with Crippen molar-refractivity contribution in [2.75, 3.05) is 6.61 Å². The molecule has 0 aliphatic rings. The predicted octanol–water partition coefficient (Wildman–Crippen LogP) is 18.8. The van der Waals surface area contributed by atoms with Gasteiger partial charge in [0.2, 0.25) is 5.91 Å². The van der Waals surface area contributed by atoms with Gasteiger partial charge in [0.1, 0.15) is 6.10 Å². The third-order valence-electron chi connectivity index (χ3n) is 14.0. The second-order valence-corrected chi connectivity index (χ2v) is 20.8. The van der Waals surface area contributed by atoms with E-state index in [0.29, 0.717) is 19.3 Å². The van der Waals surface area contributed by atoms with E-state index in [1.165, 1.54) is 205 Å². The molecule has 0 radical (unpaired) electrons. The van der Waals surface area contributed by atoms with Crippen LogP contribution in [0, 0.1) is 0 Å². The summed E-state index contributed by atoms with van der Waals surface area (Å²) < 4.78 is 5.96. The Bertz CT molecular complexity index is 1120. The highest BCUT2D eigenvalue weighted by Crippen LogP contribution is 2.19. The standard InChI is InChI=1S/C62H117NO5/c1-4-7-10-13-16-19-22-25-27-29-30-32-34-37-40-43-46-49-52-55-62(67)68-58(53-50-47-44-41-38-35-24-21-18-15-12-9-6-3)56-61(66)63-59(57-64)60(65)54-51-48-45-42-39-36-33-31-28-26-23-20-17-14-11-8-5-2/h18,21,24-25,27,35,58-60,64-65H,4-17,19-20,22-23,26,28-34,36-57H2,1-3H3,(H,63,66)/b21-18+,27-25+,35-24+. The van der Waals surface area contributed by atoms with Crippen molar-refractivity contribution in [2.24, 2.45) is 0 Å². The maximum atomic E-state index is 13.3. The molecule has 0 heterocycles. The van der Waals surface area contributed by atoms with Crippen LogP contribution in [0.25, 0.3) is 0 Å². The zero-order valence-corrected chi connectivity index (χ0v) is 45.8. The Hall–Kier alpha value is -1.92. The Morgan fingerprint density at radius 2 is 0.750 bits per heavy atom. The lowest BCUT2D eigenvalue weighted by molar-refractivity contribution is -0.151. The van der Waals surface area contributed by atoms with Crippen LogP contribution in [0.3, 0.4) is 0 Å². The largest absolute Gasteiger partial charge is 0.462 e. The molecule has 0 saturated carbocycles. The van der Waals surface area contributed by atoms with Gasteiger partial charge in [0.15, 0.2) is 0 Å². The van der Waals surface area contributed by atoms with Crippen molar-refractivity contribution in [3.8, 4) is 0 Å². The summed E-state index contributed by atoms with van der Waals surface area (Å²) in [5, 5.41) is 23.9. The van der Waals surface area contributed by atoms with Crippen LogP contribution in [0.15, 0.2) is 36.5 Å². The fourth-order valence-electron chi connectivity index (χ4n) is 9.36. The van der Waals surface area contributed by atoms with Gasteiger partial charge in [-0.2, -0.15) is 0 Å². The van der Waals surface area contributed by atoms with Crippen LogP contribution in [0.5, 0.6) is 0 Å². The molecule has 0 spiro atoms. The first kappa shape index (κ1) is 66.1. The molecule has 0 bridgehead atoms. The third-order valence-corrected chi connectivity index (χ3v) is 14.0. The molecule has 3 N–H and O–H groups in total. The van der Waals surface area contributed by atoms with Crippen molar-refractivity contribution < 1.29 is 24.5 Å². The van der Waals surface area contributed by atoms with E-state index in [1.54, 1.807) is 0 Å². The van der Waals surface area contributed by atoms with Gasteiger partial charge in [0.25, 0.3) is 0 Å².